The third-order valence-corrected chi connectivity index (χ3v) is 6.36. The number of rotatable bonds is 8. The zero-order valence-corrected chi connectivity index (χ0v) is 21.0. The van der Waals surface area contributed by atoms with Gasteiger partial charge in [0.05, 0.1) is 6.04 Å². The van der Waals surface area contributed by atoms with Gasteiger partial charge >= 0.3 is 0 Å². The predicted molar refractivity (Wildman–Crippen MR) is 139 cm³/mol. The van der Waals surface area contributed by atoms with E-state index in [0.29, 0.717) is 6.54 Å². The van der Waals surface area contributed by atoms with E-state index in [4.69, 9.17) is 0 Å². The molecule has 3 N–H and O–H groups in total. The first-order chi connectivity index (χ1) is 16.8. The van der Waals surface area contributed by atoms with E-state index in [0.717, 1.165) is 40.2 Å². The number of benzene rings is 2. The molecule has 2 unspecified atom stereocenters. The maximum Gasteiger partial charge on any atom is 0.244 e. The number of phenols is 1. The van der Waals surface area contributed by atoms with Crippen molar-refractivity contribution in [2.24, 2.45) is 0 Å². The number of fused-ring (bicyclic) bond motifs is 1. The minimum atomic E-state index is -0.387. The number of anilines is 1. The fourth-order valence-corrected chi connectivity index (χ4v) is 4.38. The Labute approximate surface area is 207 Å². The van der Waals surface area contributed by atoms with Crippen molar-refractivity contribution in [2.75, 3.05) is 53.8 Å². The van der Waals surface area contributed by atoms with Gasteiger partial charge in [-0.1, -0.05) is 36.4 Å². The molecule has 0 bridgehead atoms. The van der Waals surface area contributed by atoms with E-state index in [1.807, 2.05) is 82.7 Å². The Morgan fingerprint density at radius 1 is 0.971 bits per heavy atom. The summed E-state index contributed by atoms with van der Waals surface area (Å²) in [5.41, 5.74) is 10.9. The maximum atomic E-state index is 13.3. The van der Waals surface area contributed by atoms with E-state index in [1.54, 1.807) is 11.0 Å². The second-order valence-electron chi connectivity index (χ2n) is 9.48. The monoisotopic (exact) mass is 474 g/mol. The molecule has 2 atom stereocenters. The Hall–Kier alpha value is -3.46. The molecule has 0 saturated carbocycles. The van der Waals surface area contributed by atoms with Gasteiger partial charge in [0, 0.05) is 43.0 Å². The van der Waals surface area contributed by atoms with Crippen LogP contribution in [0.3, 0.4) is 0 Å². The third-order valence-electron chi connectivity index (χ3n) is 6.36. The number of phenolic OH excluding ortho intramolecular Hbond substituents is 1. The van der Waals surface area contributed by atoms with E-state index in [2.05, 4.69) is 32.9 Å². The Bertz CT molecular complexity index is 1200. The van der Waals surface area contributed by atoms with Gasteiger partial charge in [0.25, 0.3) is 0 Å². The smallest absolute Gasteiger partial charge is 0.244 e. The minimum absolute atomic E-state index is 0.0640. The van der Waals surface area contributed by atoms with Crippen molar-refractivity contribution in [2.45, 2.75) is 12.1 Å². The summed E-state index contributed by atoms with van der Waals surface area (Å²) in [5.74, 6) is 1.04. The van der Waals surface area contributed by atoms with E-state index < -0.39 is 0 Å². The van der Waals surface area contributed by atoms with Crippen LogP contribution in [0.15, 0.2) is 60.8 Å². The van der Waals surface area contributed by atoms with Crippen molar-refractivity contribution >= 4 is 11.7 Å². The molecule has 8 heteroatoms. The van der Waals surface area contributed by atoms with E-state index in [-0.39, 0.29) is 23.7 Å². The lowest BCUT2D eigenvalue weighted by Gasteiger charge is -2.29. The molecular weight excluding hydrogens is 440 g/mol. The van der Waals surface area contributed by atoms with Gasteiger partial charge in [0.1, 0.15) is 17.6 Å². The maximum absolute atomic E-state index is 13.3. The number of hydrogen-bond donors (Lipinski definition) is 3. The van der Waals surface area contributed by atoms with Crippen molar-refractivity contribution in [1.82, 2.24) is 25.1 Å². The number of carbonyl (C=O) groups excluding carboxylic acids is 1. The van der Waals surface area contributed by atoms with Crippen LogP contribution in [0.25, 0.3) is 11.1 Å². The lowest BCUT2D eigenvalue weighted by atomic mass is 9.95. The summed E-state index contributed by atoms with van der Waals surface area (Å²) in [7, 11) is 9.73. The van der Waals surface area contributed by atoms with Crippen LogP contribution in [0, 0.1) is 0 Å². The van der Waals surface area contributed by atoms with Crippen molar-refractivity contribution in [3.63, 3.8) is 0 Å². The molecule has 0 saturated heterocycles. The molecule has 1 aliphatic heterocycles. The Morgan fingerprint density at radius 3 is 2.46 bits per heavy atom. The summed E-state index contributed by atoms with van der Waals surface area (Å²) in [5, 5.41) is 10.4. The van der Waals surface area contributed by atoms with E-state index in [9.17, 15) is 9.90 Å². The van der Waals surface area contributed by atoms with Crippen LogP contribution in [0.1, 0.15) is 28.8 Å². The topological polar surface area (TPSA) is 84.0 Å². The number of hydrazine groups is 1. The number of aromatic hydroxyl groups is 1. The highest BCUT2D eigenvalue weighted by Crippen LogP contribution is 2.38. The molecular formula is C27H34N6O2. The first-order valence-electron chi connectivity index (χ1n) is 11.7. The van der Waals surface area contributed by atoms with Gasteiger partial charge in [-0.05, 0) is 57.5 Å². The second kappa shape index (κ2) is 10.4. The van der Waals surface area contributed by atoms with Gasteiger partial charge in [-0.3, -0.25) is 9.69 Å². The molecule has 8 nitrogen and oxygen atoms in total. The van der Waals surface area contributed by atoms with Gasteiger partial charge in [0.2, 0.25) is 5.91 Å². The summed E-state index contributed by atoms with van der Waals surface area (Å²) in [6, 6.07) is 16.9. The average Bonchev–Trinajstić information content (AvgIpc) is 3.26. The molecule has 1 aliphatic rings. The van der Waals surface area contributed by atoms with Crippen LogP contribution < -0.4 is 10.9 Å². The van der Waals surface area contributed by atoms with Gasteiger partial charge in [-0.15, -0.1) is 0 Å². The number of amides is 1. The van der Waals surface area contributed by atoms with Crippen LogP contribution >= 0.6 is 0 Å². The molecule has 0 spiro atoms. The molecule has 1 aromatic heterocycles. The number of carbonyl (C=O) groups is 1. The van der Waals surface area contributed by atoms with Gasteiger partial charge in [0.15, 0.2) is 0 Å². The highest BCUT2D eigenvalue weighted by atomic mass is 16.3. The molecule has 0 radical (unpaired) electrons. The lowest BCUT2D eigenvalue weighted by Crippen LogP contribution is -2.41. The van der Waals surface area contributed by atoms with Crippen molar-refractivity contribution < 1.29 is 9.90 Å². The highest BCUT2D eigenvalue weighted by molar-refractivity contribution is 5.83. The van der Waals surface area contributed by atoms with Crippen LogP contribution in [-0.2, 0) is 4.79 Å². The Kier molecular flexibility index (Phi) is 7.35. The largest absolute Gasteiger partial charge is 0.508 e. The highest BCUT2D eigenvalue weighted by Gasteiger charge is 2.28. The number of aromatic nitrogens is 1. The number of nitrogens with zero attached hydrogens (tertiary/aromatic N) is 4. The summed E-state index contributed by atoms with van der Waals surface area (Å²) in [4.78, 5) is 23.8. The fourth-order valence-electron chi connectivity index (χ4n) is 4.38. The lowest BCUT2D eigenvalue weighted by molar-refractivity contribution is -0.135. The molecule has 2 heterocycles. The number of likely N-dealkylation sites (N-methyl/N-ethyl adjacent to an activating group) is 3. The van der Waals surface area contributed by atoms with Crippen LogP contribution in [0.4, 0.5) is 5.82 Å². The summed E-state index contributed by atoms with van der Waals surface area (Å²) in [6.07, 6.45) is 1.83. The van der Waals surface area contributed by atoms with Gasteiger partial charge in [-0.2, -0.15) is 0 Å². The first kappa shape index (κ1) is 24.7. The molecule has 2 aromatic carbocycles. The Morgan fingerprint density at radius 2 is 1.74 bits per heavy atom. The number of para-hydroxylation sites is 1. The van der Waals surface area contributed by atoms with E-state index >= 15 is 0 Å². The Balaban J connectivity index is 1.64. The molecule has 3 aromatic rings. The molecule has 35 heavy (non-hydrogen) atoms. The zero-order valence-electron chi connectivity index (χ0n) is 21.0. The SMILES string of the molecule is CN(C)CCN(C)C(=O)C(c1cccc(-c2cnc3c(c2)C(c2ccccc2O)NN3)c1)N(C)C. The van der Waals surface area contributed by atoms with Crippen molar-refractivity contribution in [1.29, 1.82) is 0 Å². The number of nitrogens with one attached hydrogen (secondary N) is 2. The predicted octanol–water partition coefficient (Wildman–Crippen LogP) is 3.10. The van der Waals surface area contributed by atoms with Crippen LogP contribution in [-0.4, -0.2) is 79.0 Å². The summed E-state index contributed by atoms with van der Waals surface area (Å²) < 4.78 is 0. The second-order valence-corrected chi connectivity index (χ2v) is 9.48. The number of hydrogen-bond acceptors (Lipinski definition) is 7. The molecule has 184 valence electrons. The van der Waals surface area contributed by atoms with Crippen molar-refractivity contribution in [3.8, 4) is 16.9 Å². The molecule has 4 rings (SSSR count). The van der Waals surface area contributed by atoms with Crippen LogP contribution in [0.2, 0.25) is 0 Å². The normalized spacial score (nSPS) is 15.7. The van der Waals surface area contributed by atoms with Gasteiger partial charge in [-0.25, -0.2) is 10.4 Å². The quantitative estimate of drug-likeness (QED) is 0.463. The first-order valence-corrected chi connectivity index (χ1v) is 11.7. The average molecular weight is 475 g/mol. The summed E-state index contributed by atoms with van der Waals surface area (Å²) >= 11 is 0. The third kappa shape index (κ3) is 5.30. The molecule has 0 aliphatic carbocycles. The molecule has 0 fully saturated rings. The summed E-state index contributed by atoms with van der Waals surface area (Å²) in [6.45, 7) is 1.47. The minimum Gasteiger partial charge on any atom is -0.508 e. The molecule has 1 amide bonds. The zero-order chi connectivity index (χ0) is 25.1. The van der Waals surface area contributed by atoms with Gasteiger partial charge < -0.3 is 20.3 Å². The standard InChI is InChI=1S/C27H34N6O2/c1-31(2)13-14-33(5)27(35)25(32(3)4)19-10-8-9-18(15-19)20-16-22-24(29-30-26(22)28-17-20)21-11-6-7-12-23(21)34/h6-12,15-17,24-25,29,34H,13-14H2,1-5H3,(H,28,30). The van der Waals surface area contributed by atoms with E-state index in [1.165, 1.54) is 0 Å². The number of pyridine rings is 1. The van der Waals surface area contributed by atoms with Crippen LogP contribution in [0.5, 0.6) is 5.75 Å². The fraction of sp³-hybridized carbons (Fsp3) is 0.333. The van der Waals surface area contributed by atoms with Crippen molar-refractivity contribution in [3.05, 3.63) is 77.5 Å².